The van der Waals surface area contributed by atoms with Crippen LogP contribution in [0, 0.1) is 6.92 Å². The second-order valence-corrected chi connectivity index (χ2v) is 7.29. The molecule has 0 amide bonds. The monoisotopic (exact) mass is 378 g/mol. The number of hydrogen-bond acceptors (Lipinski definition) is 6. The van der Waals surface area contributed by atoms with Crippen LogP contribution < -0.4 is 15.4 Å². The van der Waals surface area contributed by atoms with Gasteiger partial charge in [-0.1, -0.05) is 12.1 Å². The fourth-order valence-electron chi connectivity index (χ4n) is 3.84. The number of piperidine rings is 1. The summed E-state index contributed by atoms with van der Waals surface area (Å²) in [6, 6.07) is 12.4. The zero-order valence-electron chi connectivity index (χ0n) is 16.6. The summed E-state index contributed by atoms with van der Waals surface area (Å²) in [5, 5.41) is 8.28. The third kappa shape index (κ3) is 3.40. The molecule has 1 aliphatic heterocycles. The number of aryl methyl sites for hydroxylation is 1. The van der Waals surface area contributed by atoms with Crippen molar-refractivity contribution >= 4 is 11.8 Å². The maximum Gasteiger partial charge on any atom is 0.221 e. The number of pyridine rings is 1. The van der Waals surface area contributed by atoms with Gasteiger partial charge in [0.2, 0.25) is 5.95 Å². The maximum absolute atomic E-state index is 5.85. The summed E-state index contributed by atoms with van der Waals surface area (Å²) < 4.78 is 7.18. The van der Waals surface area contributed by atoms with E-state index in [0.29, 0.717) is 11.9 Å². The molecule has 0 unspecified atom stereocenters. The second-order valence-electron chi connectivity index (χ2n) is 7.29. The fourth-order valence-corrected chi connectivity index (χ4v) is 3.84. The van der Waals surface area contributed by atoms with E-state index >= 15 is 0 Å². The Bertz CT molecular complexity index is 958. The molecule has 1 aromatic carbocycles. The first-order valence-electron chi connectivity index (χ1n) is 9.58. The lowest BCUT2D eigenvalue weighted by Gasteiger charge is -2.33. The minimum absolute atomic E-state index is 0.375. The molecular formula is C21H26N6O. The molecule has 2 N–H and O–H groups in total. The Balaban J connectivity index is 1.58. The van der Waals surface area contributed by atoms with Gasteiger partial charge in [0.15, 0.2) is 0 Å². The van der Waals surface area contributed by atoms with Crippen molar-refractivity contribution in [2.24, 2.45) is 7.05 Å². The highest BCUT2D eigenvalue weighted by Gasteiger charge is 2.26. The van der Waals surface area contributed by atoms with Crippen LogP contribution in [0.25, 0.3) is 11.1 Å². The summed E-state index contributed by atoms with van der Waals surface area (Å²) >= 11 is 0. The Morgan fingerprint density at radius 1 is 1.04 bits per heavy atom. The van der Waals surface area contributed by atoms with Crippen LogP contribution >= 0.6 is 0 Å². The first kappa shape index (κ1) is 18.3. The second kappa shape index (κ2) is 7.50. The van der Waals surface area contributed by atoms with E-state index in [4.69, 9.17) is 15.5 Å². The zero-order valence-corrected chi connectivity index (χ0v) is 16.6. The van der Waals surface area contributed by atoms with Crippen molar-refractivity contribution in [2.45, 2.75) is 25.7 Å². The third-order valence-corrected chi connectivity index (χ3v) is 5.52. The average molecular weight is 378 g/mol. The predicted molar refractivity (Wildman–Crippen MR) is 111 cm³/mol. The van der Waals surface area contributed by atoms with Crippen LogP contribution in [0.3, 0.4) is 0 Å². The molecule has 3 aromatic rings. The number of anilines is 2. The van der Waals surface area contributed by atoms with Gasteiger partial charge in [0.05, 0.1) is 7.11 Å². The molecule has 0 aliphatic carbocycles. The van der Waals surface area contributed by atoms with Crippen molar-refractivity contribution in [1.82, 2.24) is 19.7 Å². The van der Waals surface area contributed by atoms with Crippen LogP contribution in [-0.4, -0.2) is 39.9 Å². The van der Waals surface area contributed by atoms with Crippen molar-refractivity contribution < 1.29 is 4.74 Å². The van der Waals surface area contributed by atoms with Gasteiger partial charge in [-0.25, -0.2) is 4.98 Å². The molecule has 7 nitrogen and oxygen atoms in total. The van der Waals surface area contributed by atoms with Crippen molar-refractivity contribution in [1.29, 1.82) is 0 Å². The number of rotatable bonds is 4. The molecule has 0 saturated carbocycles. The summed E-state index contributed by atoms with van der Waals surface area (Å²) in [5.74, 6) is 3.72. The topological polar surface area (TPSA) is 82.1 Å². The molecule has 28 heavy (non-hydrogen) atoms. The van der Waals surface area contributed by atoms with Gasteiger partial charge in [-0.05, 0) is 49.6 Å². The summed E-state index contributed by atoms with van der Waals surface area (Å²) in [6.07, 6.45) is 2.01. The molecule has 2 aromatic heterocycles. The van der Waals surface area contributed by atoms with Crippen molar-refractivity contribution in [3.05, 3.63) is 47.9 Å². The van der Waals surface area contributed by atoms with Crippen LogP contribution in [-0.2, 0) is 7.05 Å². The molecule has 1 saturated heterocycles. The van der Waals surface area contributed by atoms with Gasteiger partial charge in [0.1, 0.15) is 17.4 Å². The lowest BCUT2D eigenvalue weighted by atomic mass is 9.95. The van der Waals surface area contributed by atoms with Crippen LogP contribution in [0.4, 0.5) is 11.8 Å². The number of nitrogens with two attached hydrogens (primary N) is 1. The normalized spacial score (nSPS) is 15.0. The van der Waals surface area contributed by atoms with Crippen molar-refractivity contribution in [3.63, 3.8) is 0 Å². The minimum atomic E-state index is 0.375. The molecular weight excluding hydrogens is 352 g/mol. The van der Waals surface area contributed by atoms with Gasteiger partial charge in [0.25, 0.3) is 0 Å². The van der Waals surface area contributed by atoms with Gasteiger partial charge in [-0.3, -0.25) is 0 Å². The quantitative estimate of drug-likeness (QED) is 0.751. The first-order valence-corrected chi connectivity index (χ1v) is 9.58. The highest BCUT2D eigenvalue weighted by atomic mass is 16.5. The van der Waals surface area contributed by atoms with Gasteiger partial charge in [-0.15, -0.1) is 10.2 Å². The number of nitrogens with zero attached hydrogens (tertiary/aromatic N) is 5. The van der Waals surface area contributed by atoms with Gasteiger partial charge >= 0.3 is 0 Å². The average Bonchev–Trinajstić information content (AvgIpc) is 3.07. The van der Waals surface area contributed by atoms with E-state index in [1.165, 1.54) is 0 Å². The highest BCUT2D eigenvalue weighted by Crippen LogP contribution is 2.35. The molecule has 0 spiro atoms. The van der Waals surface area contributed by atoms with E-state index in [2.05, 4.69) is 39.4 Å². The molecule has 4 rings (SSSR count). The Morgan fingerprint density at radius 3 is 2.36 bits per heavy atom. The van der Waals surface area contributed by atoms with Crippen LogP contribution in [0.5, 0.6) is 5.75 Å². The number of hydrogen-bond donors (Lipinski definition) is 1. The molecule has 1 aliphatic rings. The molecule has 7 heteroatoms. The van der Waals surface area contributed by atoms with Crippen LogP contribution in [0.2, 0.25) is 0 Å². The van der Waals surface area contributed by atoms with E-state index in [0.717, 1.165) is 60.1 Å². The smallest absolute Gasteiger partial charge is 0.221 e. The number of benzene rings is 1. The Kier molecular flexibility index (Phi) is 4.90. The Labute approximate surface area is 165 Å². The van der Waals surface area contributed by atoms with E-state index in [1.807, 2.05) is 30.7 Å². The Hall–Kier alpha value is -3.09. The summed E-state index contributed by atoms with van der Waals surface area (Å²) in [6.45, 7) is 3.89. The first-order chi connectivity index (χ1) is 13.6. The van der Waals surface area contributed by atoms with Crippen LogP contribution in [0.1, 0.15) is 30.3 Å². The SMILES string of the molecule is COc1ccc(-c2ccc(C)nc2N2CCC(c3nnc(N)n3C)CC2)cc1. The molecule has 0 radical (unpaired) electrons. The standard InChI is InChI=1S/C21H26N6O/c1-14-4-9-18(15-5-7-17(28-3)8-6-15)20(23-14)27-12-10-16(11-13-27)19-24-25-21(22)26(19)2/h4-9,16H,10-13H2,1-3H3,(H2,22,25). The number of aromatic nitrogens is 4. The van der Waals surface area contributed by atoms with Gasteiger partial charge in [-0.2, -0.15) is 0 Å². The van der Waals surface area contributed by atoms with E-state index in [1.54, 1.807) is 7.11 Å². The minimum Gasteiger partial charge on any atom is -0.497 e. The Morgan fingerprint density at radius 2 is 1.75 bits per heavy atom. The molecule has 0 atom stereocenters. The number of ether oxygens (including phenoxy) is 1. The summed E-state index contributed by atoms with van der Waals surface area (Å²) in [4.78, 5) is 7.25. The maximum atomic E-state index is 5.85. The van der Waals surface area contributed by atoms with Crippen LogP contribution in [0.15, 0.2) is 36.4 Å². The van der Waals surface area contributed by atoms with E-state index < -0.39 is 0 Å². The lowest BCUT2D eigenvalue weighted by molar-refractivity contribution is 0.415. The number of methoxy groups -OCH3 is 1. The van der Waals surface area contributed by atoms with Gasteiger partial charge in [0, 0.05) is 37.3 Å². The molecule has 1 fully saturated rings. The van der Waals surface area contributed by atoms with E-state index in [-0.39, 0.29) is 0 Å². The fraction of sp³-hybridized carbons (Fsp3) is 0.381. The summed E-state index contributed by atoms with van der Waals surface area (Å²) in [7, 11) is 3.61. The lowest BCUT2D eigenvalue weighted by Crippen LogP contribution is -2.34. The molecule has 146 valence electrons. The number of nitrogen functional groups attached to an aromatic ring is 1. The van der Waals surface area contributed by atoms with Crippen molar-refractivity contribution in [2.75, 3.05) is 30.8 Å². The highest BCUT2D eigenvalue weighted by molar-refractivity contribution is 5.76. The molecule has 3 heterocycles. The summed E-state index contributed by atoms with van der Waals surface area (Å²) in [5.41, 5.74) is 9.16. The third-order valence-electron chi connectivity index (χ3n) is 5.52. The zero-order chi connectivity index (χ0) is 19.7. The van der Waals surface area contributed by atoms with E-state index in [9.17, 15) is 0 Å². The van der Waals surface area contributed by atoms with Crippen molar-refractivity contribution in [3.8, 4) is 16.9 Å². The largest absolute Gasteiger partial charge is 0.497 e. The predicted octanol–water partition coefficient (Wildman–Crippen LogP) is 3.16. The molecule has 0 bridgehead atoms. The van der Waals surface area contributed by atoms with Gasteiger partial charge < -0.3 is 19.9 Å².